The quantitative estimate of drug-likeness (QED) is 0.531. The van der Waals surface area contributed by atoms with Gasteiger partial charge in [0.1, 0.15) is 11.4 Å². The van der Waals surface area contributed by atoms with E-state index in [1.807, 2.05) is 24.3 Å². The van der Waals surface area contributed by atoms with Crippen molar-refractivity contribution in [3.05, 3.63) is 69.2 Å². The minimum absolute atomic E-state index is 0.109. The number of hydrogen-bond acceptors (Lipinski definition) is 4. The fraction of sp³-hybridized carbons (Fsp3) is 0.400. The van der Waals surface area contributed by atoms with Crippen molar-refractivity contribution < 1.29 is 9.53 Å². The lowest BCUT2D eigenvalue weighted by Crippen LogP contribution is -2.37. The lowest BCUT2D eigenvalue weighted by Gasteiger charge is -2.24. The van der Waals surface area contributed by atoms with Crippen LogP contribution in [0.4, 0.5) is 4.79 Å². The zero-order chi connectivity index (χ0) is 23.8. The number of fused-ring (bicyclic) bond motifs is 1. The fourth-order valence-corrected chi connectivity index (χ4v) is 3.66. The van der Waals surface area contributed by atoms with Crippen molar-refractivity contribution in [3.63, 3.8) is 0 Å². The van der Waals surface area contributed by atoms with Gasteiger partial charge in [-0.15, -0.1) is 0 Å². The lowest BCUT2D eigenvalue weighted by molar-refractivity contribution is 0.0505. The molecule has 3 aromatic rings. The Hall–Kier alpha value is -2.86. The smallest absolute Gasteiger partial charge is 0.408 e. The molecule has 0 bridgehead atoms. The summed E-state index contributed by atoms with van der Waals surface area (Å²) in [6, 6.07) is 12.3. The summed E-state index contributed by atoms with van der Waals surface area (Å²) in [7, 11) is 0. The van der Waals surface area contributed by atoms with Gasteiger partial charge in [0.2, 0.25) is 0 Å². The molecule has 1 N–H and O–H groups in total. The Bertz CT molecular complexity index is 1220. The van der Waals surface area contributed by atoms with Crippen LogP contribution in [-0.4, -0.2) is 21.2 Å². The number of hydrogen-bond donors (Lipinski definition) is 1. The first kappa shape index (κ1) is 23.8. The highest BCUT2D eigenvalue weighted by molar-refractivity contribution is 6.35. The predicted molar refractivity (Wildman–Crippen MR) is 129 cm³/mol. The maximum absolute atomic E-state index is 13.6. The number of ether oxygens (including phenoxy) is 1. The highest BCUT2D eigenvalue weighted by atomic mass is 35.5. The van der Waals surface area contributed by atoms with Gasteiger partial charge in [0.15, 0.2) is 0 Å². The summed E-state index contributed by atoms with van der Waals surface area (Å²) in [4.78, 5) is 30.8. The monoisotopic (exact) mass is 455 g/mol. The SMILES string of the molecule is C[C@H](NC(=O)OC(C)(C)C)c1nc2cccc(Cl)c2c(=O)n1-c1cccc(C(C)(C)C)c1. The van der Waals surface area contributed by atoms with Crippen molar-refractivity contribution in [2.24, 2.45) is 0 Å². The zero-order valence-electron chi connectivity index (χ0n) is 19.6. The largest absolute Gasteiger partial charge is 0.444 e. The van der Waals surface area contributed by atoms with Crippen molar-refractivity contribution in [2.45, 2.75) is 65.5 Å². The molecule has 32 heavy (non-hydrogen) atoms. The molecule has 0 unspecified atom stereocenters. The van der Waals surface area contributed by atoms with Gasteiger partial charge in [-0.05, 0) is 62.9 Å². The number of rotatable bonds is 3. The molecule has 0 fully saturated rings. The first-order valence-electron chi connectivity index (χ1n) is 10.6. The minimum Gasteiger partial charge on any atom is -0.444 e. The summed E-state index contributed by atoms with van der Waals surface area (Å²) in [6.45, 7) is 13.5. The van der Waals surface area contributed by atoms with E-state index in [1.54, 1.807) is 45.9 Å². The summed E-state index contributed by atoms with van der Waals surface area (Å²) >= 11 is 6.37. The first-order chi connectivity index (χ1) is 14.8. The lowest BCUT2D eigenvalue weighted by atomic mass is 9.87. The number of amides is 1. The standard InChI is InChI=1S/C25H30ClN3O3/c1-15(27-23(31)32-25(5,6)7)21-28-19-13-9-12-18(26)20(19)22(30)29(21)17-11-8-10-16(14-17)24(2,3)4/h8-15H,1-7H3,(H,27,31)/t15-/m0/s1. The molecule has 1 atom stereocenters. The number of benzene rings is 2. The molecule has 0 aliphatic rings. The Morgan fingerprint density at radius 1 is 1.09 bits per heavy atom. The molecule has 3 rings (SSSR count). The highest BCUT2D eigenvalue weighted by Crippen LogP contribution is 2.27. The molecule has 6 nitrogen and oxygen atoms in total. The van der Waals surface area contributed by atoms with Gasteiger partial charge < -0.3 is 10.1 Å². The van der Waals surface area contributed by atoms with Gasteiger partial charge in [0.25, 0.3) is 5.56 Å². The van der Waals surface area contributed by atoms with Crippen LogP contribution in [-0.2, 0) is 10.2 Å². The molecule has 0 radical (unpaired) electrons. The van der Waals surface area contributed by atoms with E-state index >= 15 is 0 Å². The number of nitrogens with one attached hydrogen (secondary N) is 1. The van der Waals surface area contributed by atoms with Crippen LogP contribution in [0.25, 0.3) is 16.6 Å². The van der Waals surface area contributed by atoms with E-state index in [0.717, 1.165) is 5.56 Å². The van der Waals surface area contributed by atoms with E-state index in [1.165, 1.54) is 4.57 Å². The molecular weight excluding hydrogens is 426 g/mol. The van der Waals surface area contributed by atoms with Gasteiger partial charge in [0, 0.05) is 0 Å². The predicted octanol–water partition coefficient (Wildman–Crippen LogP) is 5.92. The number of halogens is 1. The van der Waals surface area contributed by atoms with Crippen LogP contribution in [0.5, 0.6) is 0 Å². The van der Waals surface area contributed by atoms with E-state index in [9.17, 15) is 9.59 Å². The second-order valence-corrected chi connectivity index (χ2v) is 10.3. The van der Waals surface area contributed by atoms with Gasteiger partial charge in [-0.2, -0.15) is 0 Å². The average Bonchev–Trinajstić information content (AvgIpc) is 2.65. The van der Waals surface area contributed by atoms with E-state index in [4.69, 9.17) is 21.3 Å². The van der Waals surface area contributed by atoms with Crippen LogP contribution < -0.4 is 10.9 Å². The molecule has 0 aliphatic carbocycles. The maximum atomic E-state index is 13.6. The van der Waals surface area contributed by atoms with E-state index < -0.39 is 17.7 Å². The third kappa shape index (κ3) is 5.13. The van der Waals surface area contributed by atoms with Crippen molar-refractivity contribution in [3.8, 4) is 5.69 Å². The van der Waals surface area contributed by atoms with Crippen LogP contribution in [0.2, 0.25) is 5.02 Å². The van der Waals surface area contributed by atoms with E-state index in [-0.39, 0.29) is 11.0 Å². The molecule has 0 saturated carbocycles. The number of nitrogens with zero attached hydrogens (tertiary/aromatic N) is 2. The molecule has 170 valence electrons. The normalized spacial score (nSPS) is 13.1. The second kappa shape index (κ2) is 8.58. The van der Waals surface area contributed by atoms with Crippen LogP contribution in [0.3, 0.4) is 0 Å². The second-order valence-electron chi connectivity index (χ2n) is 9.91. The van der Waals surface area contributed by atoms with Crippen LogP contribution in [0.1, 0.15) is 65.9 Å². The Morgan fingerprint density at radius 3 is 2.38 bits per heavy atom. The number of carbonyl (C=O) groups excluding carboxylic acids is 1. The van der Waals surface area contributed by atoms with Gasteiger partial charge in [-0.25, -0.2) is 9.78 Å². The van der Waals surface area contributed by atoms with Gasteiger partial charge >= 0.3 is 6.09 Å². The van der Waals surface area contributed by atoms with E-state index in [0.29, 0.717) is 27.4 Å². The van der Waals surface area contributed by atoms with Crippen molar-refractivity contribution in [2.75, 3.05) is 0 Å². The van der Waals surface area contributed by atoms with Crippen molar-refractivity contribution in [1.82, 2.24) is 14.9 Å². The molecule has 2 aromatic carbocycles. The summed E-state index contributed by atoms with van der Waals surface area (Å²) in [6.07, 6.45) is -0.583. The van der Waals surface area contributed by atoms with Crippen molar-refractivity contribution in [1.29, 1.82) is 0 Å². The summed E-state index contributed by atoms with van der Waals surface area (Å²) < 4.78 is 6.91. The van der Waals surface area contributed by atoms with Gasteiger partial charge in [-0.3, -0.25) is 9.36 Å². The summed E-state index contributed by atoms with van der Waals surface area (Å²) in [5.74, 6) is 0.390. The Morgan fingerprint density at radius 2 is 1.75 bits per heavy atom. The first-order valence-corrected chi connectivity index (χ1v) is 11.0. The van der Waals surface area contributed by atoms with Crippen LogP contribution in [0.15, 0.2) is 47.3 Å². The number of alkyl carbamates (subject to hydrolysis) is 1. The fourth-order valence-electron chi connectivity index (χ4n) is 3.41. The number of carbonyl (C=O) groups is 1. The van der Waals surface area contributed by atoms with Crippen LogP contribution >= 0.6 is 11.6 Å². The maximum Gasteiger partial charge on any atom is 0.408 e. The molecule has 1 aromatic heterocycles. The third-order valence-corrected chi connectivity index (χ3v) is 5.28. The Balaban J connectivity index is 2.22. The summed E-state index contributed by atoms with van der Waals surface area (Å²) in [5, 5.41) is 3.47. The highest BCUT2D eigenvalue weighted by Gasteiger charge is 2.24. The Kier molecular flexibility index (Phi) is 6.38. The van der Waals surface area contributed by atoms with Gasteiger partial charge in [0.05, 0.1) is 27.7 Å². The molecule has 1 amide bonds. The molecule has 0 saturated heterocycles. The molecule has 0 spiro atoms. The minimum atomic E-state index is -0.644. The van der Waals surface area contributed by atoms with E-state index in [2.05, 4.69) is 26.1 Å². The summed E-state index contributed by atoms with van der Waals surface area (Å²) in [5.41, 5.74) is 1.15. The molecular formula is C25H30ClN3O3. The van der Waals surface area contributed by atoms with Gasteiger partial charge in [-0.1, -0.05) is 50.6 Å². The molecule has 0 aliphatic heterocycles. The average molecular weight is 456 g/mol. The van der Waals surface area contributed by atoms with Crippen LogP contribution in [0, 0.1) is 0 Å². The topological polar surface area (TPSA) is 73.2 Å². The Labute approximate surface area is 193 Å². The molecule has 1 heterocycles. The molecule has 7 heteroatoms. The van der Waals surface area contributed by atoms with Crippen molar-refractivity contribution >= 4 is 28.6 Å². The number of aromatic nitrogens is 2. The zero-order valence-corrected chi connectivity index (χ0v) is 20.4. The third-order valence-electron chi connectivity index (χ3n) is 4.96.